The minimum atomic E-state index is -1.44. The third-order valence-electron chi connectivity index (χ3n) is 12.1. The fraction of sp³-hybridized carbons (Fsp3) is 0.467. The number of phenolic OH excluding ortho intramolecular Hbond substituents is 1. The lowest BCUT2D eigenvalue weighted by atomic mass is 9.77. The molecule has 2 aromatic rings. The molecule has 1 saturated heterocycles. The number of aromatic hydroxyl groups is 1. The topological polar surface area (TPSA) is 167 Å². The molecule has 9 atom stereocenters. The van der Waals surface area contributed by atoms with Crippen LogP contribution in [0, 0.1) is 30.6 Å². The van der Waals surface area contributed by atoms with Gasteiger partial charge in [-0.05, 0) is 46.8 Å². The third kappa shape index (κ3) is 6.86. The number of fused-ring (bicyclic) bond motifs is 10. The average molecular weight is 781 g/mol. The number of para-hydroxylation sites is 2. The first kappa shape index (κ1) is 40.3. The van der Waals surface area contributed by atoms with Crippen molar-refractivity contribution >= 4 is 39.2 Å². The van der Waals surface area contributed by atoms with E-state index in [4.69, 9.17) is 28.3 Å². The van der Waals surface area contributed by atoms with Gasteiger partial charge in [0.2, 0.25) is 11.2 Å². The molecule has 1 amide bonds. The Kier molecular flexibility index (Phi) is 10.5. The summed E-state index contributed by atoms with van der Waals surface area (Å²) < 4.78 is 31.6. The van der Waals surface area contributed by atoms with E-state index in [0.29, 0.717) is 11.1 Å². The molecule has 1 aliphatic carbocycles. The van der Waals surface area contributed by atoms with Gasteiger partial charge in [-0.25, -0.2) is 4.98 Å². The highest BCUT2D eigenvalue weighted by molar-refractivity contribution is 6.22. The van der Waals surface area contributed by atoms with Crippen LogP contribution in [0.5, 0.6) is 11.5 Å². The molecule has 8 rings (SSSR count). The number of carbonyl (C=O) groups is 2. The molecule has 0 spiro atoms. The smallest absolute Gasteiger partial charge is 0.251 e. The predicted octanol–water partition coefficient (Wildman–Crippen LogP) is 7.64. The summed E-state index contributed by atoms with van der Waals surface area (Å²) >= 11 is 0. The highest BCUT2D eigenvalue weighted by Crippen LogP contribution is 2.51. The SMILES string of the molecule is CO[C@H]1/C=C/C[C@@]2(C)Oc3c(C)c(O)c4c(=O)c(c5oc6ccccc6nc-5c4c3C2=O)NC(=O)/C(C)=C\C=C\[C@H](C)[C@@H]2OC(C)(C)O[C@@H]([C@@H](C)[C@H](O)[C@@H]1C)[C@@H]2C. The van der Waals surface area contributed by atoms with Crippen LogP contribution in [0.4, 0.5) is 5.69 Å². The van der Waals surface area contributed by atoms with Gasteiger partial charge < -0.3 is 38.9 Å². The summed E-state index contributed by atoms with van der Waals surface area (Å²) in [6, 6.07) is 6.95. The highest BCUT2D eigenvalue weighted by atomic mass is 16.7. The lowest BCUT2D eigenvalue weighted by Crippen LogP contribution is -2.56. The molecule has 0 radical (unpaired) electrons. The number of anilines is 1. The second-order valence-corrected chi connectivity index (χ2v) is 16.7. The molecule has 3 N–H and O–H groups in total. The fourth-order valence-corrected chi connectivity index (χ4v) is 8.75. The number of ether oxygens (including phenoxy) is 4. The van der Waals surface area contributed by atoms with Crippen LogP contribution in [0.15, 0.2) is 69.4 Å². The number of aliphatic hydroxyl groups is 1. The average Bonchev–Trinajstić information content (AvgIpc) is 3.44. The Balaban J connectivity index is 1.42. The highest BCUT2D eigenvalue weighted by Gasteiger charge is 2.49. The number of rotatable bonds is 1. The minimum Gasteiger partial charge on any atom is -0.507 e. The van der Waals surface area contributed by atoms with Crippen molar-refractivity contribution in [1.82, 2.24) is 4.98 Å². The van der Waals surface area contributed by atoms with Gasteiger partial charge in [-0.3, -0.25) is 14.4 Å². The van der Waals surface area contributed by atoms with Crippen LogP contribution in [-0.2, 0) is 19.0 Å². The monoisotopic (exact) mass is 780 g/mol. The number of Topliss-reactive ketones (excluding diaryl/α,β-unsaturated/α-hetero) is 1. The van der Waals surface area contributed by atoms with Crippen molar-refractivity contribution in [1.29, 1.82) is 0 Å². The summed E-state index contributed by atoms with van der Waals surface area (Å²) in [5, 5.41) is 26.2. The maximum absolute atomic E-state index is 14.6. The number of nitrogens with one attached hydrogen (secondary N) is 1. The van der Waals surface area contributed by atoms with Crippen LogP contribution in [0.2, 0.25) is 0 Å². The van der Waals surface area contributed by atoms with Crippen LogP contribution in [0.1, 0.15) is 77.7 Å². The first-order valence-corrected chi connectivity index (χ1v) is 19.6. The lowest BCUT2D eigenvalue weighted by Gasteiger charge is -2.49. The minimum absolute atomic E-state index is 0.0507. The van der Waals surface area contributed by atoms with Crippen molar-refractivity contribution < 1.29 is 43.2 Å². The molecule has 7 bridgehead atoms. The Morgan fingerprint density at radius 3 is 2.35 bits per heavy atom. The van der Waals surface area contributed by atoms with Crippen molar-refractivity contribution in [3.63, 3.8) is 0 Å². The number of nitrogens with zero attached hydrogens (tertiary/aromatic N) is 1. The van der Waals surface area contributed by atoms with E-state index in [1.807, 2.05) is 46.8 Å². The first-order valence-electron chi connectivity index (χ1n) is 19.6. The van der Waals surface area contributed by atoms with Crippen LogP contribution < -0.4 is 15.5 Å². The van der Waals surface area contributed by atoms with Crippen molar-refractivity contribution in [2.75, 3.05) is 12.4 Å². The molecule has 5 aliphatic heterocycles. The number of ketones is 1. The van der Waals surface area contributed by atoms with Crippen molar-refractivity contribution in [3.8, 4) is 23.0 Å². The van der Waals surface area contributed by atoms with Gasteiger partial charge in [0.15, 0.2) is 22.7 Å². The molecule has 12 nitrogen and oxygen atoms in total. The third-order valence-corrected chi connectivity index (χ3v) is 12.1. The van der Waals surface area contributed by atoms with Crippen molar-refractivity contribution in [2.24, 2.45) is 23.7 Å². The normalized spacial score (nSPS) is 32.9. The first-order chi connectivity index (χ1) is 26.9. The Morgan fingerprint density at radius 1 is 0.930 bits per heavy atom. The van der Waals surface area contributed by atoms with Gasteiger partial charge in [0.1, 0.15) is 28.4 Å². The number of allylic oxidation sites excluding steroid dienone is 2. The van der Waals surface area contributed by atoms with Gasteiger partial charge in [0, 0.05) is 53.7 Å². The van der Waals surface area contributed by atoms with Crippen LogP contribution in [0.25, 0.3) is 33.3 Å². The molecule has 302 valence electrons. The van der Waals surface area contributed by atoms with E-state index < -0.39 is 46.5 Å². The molecule has 57 heavy (non-hydrogen) atoms. The quantitative estimate of drug-likeness (QED) is 0.0987. The molecule has 12 heteroatoms. The largest absolute Gasteiger partial charge is 0.507 e. The summed E-state index contributed by atoms with van der Waals surface area (Å²) in [5.74, 6) is -3.18. The number of benzene rings is 3. The summed E-state index contributed by atoms with van der Waals surface area (Å²) in [6.45, 7) is 16.6. The molecule has 2 aromatic carbocycles. The summed E-state index contributed by atoms with van der Waals surface area (Å²) in [7, 11) is 1.58. The Bertz CT molecular complexity index is 2390. The van der Waals surface area contributed by atoms with Gasteiger partial charge in [-0.15, -0.1) is 0 Å². The van der Waals surface area contributed by atoms with E-state index in [9.17, 15) is 24.6 Å². The standard InChI is InChI=1S/C45H52N2O10/c1-21-15-13-16-22(2)43(52)47-34-37(50)31-30(33-41(34)54-29-18-12-11-17-27(29)46-33)32-40(25(5)36(31)49)57-45(9,42(32)51)20-14-19-28(53-10)23(3)35(48)24(4)39-26(6)38(21)55-44(7,8)56-39/h11-19,21,23-24,26,28,35,38-39,48-49H,20H2,1-10H3,(H,47,52)/b15-13+,19-14+,22-16-/t21-,23+,24-,26+,28-,35+,38-,39-,45+/m0/s1. The van der Waals surface area contributed by atoms with Gasteiger partial charge >= 0.3 is 0 Å². The fourth-order valence-electron chi connectivity index (χ4n) is 8.75. The number of phenols is 1. The number of methoxy groups -OCH3 is 1. The number of hydrogen-bond acceptors (Lipinski definition) is 11. The summed E-state index contributed by atoms with van der Waals surface area (Å²) in [4.78, 5) is 47.9. The van der Waals surface area contributed by atoms with Gasteiger partial charge in [0.25, 0.3) is 5.91 Å². The second-order valence-electron chi connectivity index (χ2n) is 16.7. The van der Waals surface area contributed by atoms with Crippen LogP contribution >= 0.6 is 0 Å². The van der Waals surface area contributed by atoms with E-state index >= 15 is 0 Å². The van der Waals surface area contributed by atoms with E-state index in [-0.39, 0.29) is 92.7 Å². The molecule has 0 unspecified atom stereocenters. The predicted molar refractivity (Wildman–Crippen MR) is 217 cm³/mol. The Morgan fingerprint density at radius 2 is 1.63 bits per heavy atom. The molecule has 5 heterocycles. The number of aromatic nitrogens is 1. The van der Waals surface area contributed by atoms with Crippen LogP contribution in [-0.4, -0.2) is 69.8 Å². The zero-order valence-electron chi connectivity index (χ0n) is 34.1. The number of amides is 1. The molecule has 1 fully saturated rings. The zero-order valence-corrected chi connectivity index (χ0v) is 34.1. The van der Waals surface area contributed by atoms with Crippen molar-refractivity contribution in [2.45, 2.75) is 105 Å². The zero-order chi connectivity index (χ0) is 41.3. The van der Waals surface area contributed by atoms with Crippen molar-refractivity contribution in [3.05, 3.63) is 81.6 Å². The van der Waals surface area contributed by atoms with E-state index in [1.165, 1.54) is 0 Å². The molecule has 6 aliphatic rings. The lowest BCUT2D eigenvalue weighted by molar-refractivity contribution is -0.336. The molecular formula is C45H52N2O10. The van der Waals surface area contributed by atoms with E-state index in [2.05, 4.69) is 12.2 Å². The summed E-state index contributed by atoms with van der Waals surface area (Å²) in [6.07, 6.45) is 7.08. The maximum Gasteiger partial charge on any atom is 0.251 e. The van der Waals surface area contributed by atoms with E-state index in [0.717, 1.165) is 0 Å². The van der Waals surface area contributed by atoms with Gasteiger partial charge in [0.05, 0.1) is 35.4 Å². The van der Waals surface area contributed by atoms with Gasteiger partial charge in [-0.2, -0.15) is 0 Å². The Labute approximate surface area is 331 Å². The molecular weight excluding hydrogens is 728 g/mol. The number of aliphatic hydroxyl groups excluding tert-OH is 1. The maximum atomic E-state index is 14.6. The number of hydrogen-bond donors (Lipinski definition) is 3. The van der Waals surface area contributed by atoms with Gasteiger partial charge in [-0.1, -0.05) is 70.2 Å². The molecule has 0 aromatic heterocycles. The molecule has 0 saturated carbocycles. The second kappa shape index (κ2) is 14.8. The number of carbonyl (C=O) groups excluding carboxylic acids is 2. The van der Waals surface area contributed by atoms with E-state index in [1.54, 1.807) is 70.4 Å². The van der Waals surface area contributed by atoms with Crippen LogP contribution in [0.3, 0.4) is 0 Å². The summed E-state index contributed by atoms with van der Waals surface area (Å²) in [5.41, 5.74) is -0.949. The Hall–Kier alpha value is -4.88.